The Morgan fingerprint density at radius 2 is 1.94 bits per heavy atom. The highest BCUT2D eigenvalue weighted by Gasteiger charge is 2.68. The summed E-state index contributed by atoms with van der Waals surface area (Å²) >= 11 is 0. The van der Waals surface area contributed by atoms with Gasteiger partial charge < -0.3 is 10.2 Å². The van der Waals surface area contributed by atoms with E-state index in [0.717, 1.165) is 12.0 Å². The summed E-state index contributed by atoms with van der Waals surface area (Å²) in [5.41, 5.74) is 1.19. The summed E-state index contributed by atoms with van der Waals surface area (Å²) in [6.45, 7) is 10.9. The number of fused-ring (bicyclic) bond motifs is 1. The molecule has 0 aliphatic heterocycles. The second kappa shape index (κ2) is 3.36. The molecule has 3 aliphatic rings. The molecule has 2 heteroatoms. The quantitative estimate of drug-likeness (QED) is 0.685. The Bertz CT molecular complexity index is 362. The molecule has 2 nitrogen and oxygen atoms in total. The van der Waals surface area contributed by atoms with E-state index in [2.05, 4.69) is 27.4 Å². The van der Waals surface area contributed by atoms with Crippen LogP contribution in [0.3, 0.4) is 0 Å². The summed E-state index contributed by atoms with van der Waals surface area (Å²) < 4.78 is 0. The first kappa shape index (κ1) is 11.7. The van der Waals surface area contributed by atoms with Crippen molar-refractivity contribution in [2.75, 3.05) is 0 Å². The monoisotopic (exact) mass is 236 g/mol. The van der Waals surface area contributed by atoms with Crippen molar-refractivity contribution >= 4 is 0 Å². The zero-order valence-electron chi connectivity index (χ0n) is 11.1. The summed E-state index contributed by atoms with van der Waals surface area (Å²) in [6, 6.07) is 0. The minimum Gasteiger partial charge on any atom is -0.392 e. The first-order valence-corrected chi connectivity index (χ1v) is 6.95. The average molecular weight is 236 g/mol. The molecule has 0 radical (unpaired) electrons. The fourth-order valence-corrected chi connectivity index (χ4v) is 5.20. The minimum atomic E-state index is -0.358. The van der Waals surface area contributed by atoms with Gasteiger partial charge in [0.2, 0.25) is 0 Å². The van der Waals surface area contributed by atoms with Crippen molar-refractivity contribution < 1.29 is 10.2 Å². The van der Waals surface area contributed by atoms with Gasteiger partial charge in [0.15, 0.2) is 0 Å². The van der Waals surface area contributed by atoms with Gasteiger partial charge in [0.05, 0.1) is 12.2 Å². The predicted octanol–water partition coefficient (Wildman–Crippen LogP) is 2.21. The molecule has 3 rings (SSSR count). The summed E-state index contributed by atoms with van der Waals surface area (Å²) in [4.78, 5) is 0. The molecule has 3 fully saturated rings. The number of hydrogen-bond acceptors (Lipinski definition) is 2. The third kappa shape index (κ3) is 1.18. The molecular formula is C15H24O2. The molecule has 0 aromatic heterocycles. The van der Waals surface area contributed by atoms with Crippen molar-refractivity contribution in [2.24, 2.45) is 35.0 Å². The Balaban J connectivity index is 2.04. The fourth-order valence-electron chi connectivity index (χ4n) is 5.20. The summed E-state index contributed by atoms with van der Waals surface area (Å²) in [7, 11) is 0. The number of aliphatic hydroxyl groups is 2. The van der Waals surface area contributed by atoms with Gasteiger partial charge in [-0.25, -0.2) is 0 Å². The molecule has 2 unspecified atom stereocenters. The fraction of sp³-hybridized carbons (Fsp3) is 0.867. The molecule has 0 amide bonds. The van der Waals surface area contributed by atoms with Gasteiger partial charge in [-0.15, -0.1) is 0 Å². The summed E-state index contributed by atoms with van der Waals surface area (Å²) in [5.74, 6) is 1.64. The van der Waals surface area contributed by atoms with Crippen LogP contribution in [0.5, 0.6) is 0 Å². The topological polar surface area (TPSA) is 40.5 Å². The largest absolute Gasteiger partial charge is 0.392 e. The molecule has 0 heterocycles. The smallest absolute Gasteiger partial charge is 0.0670 e. The van der Waals surface area contributed by atoms with E-state index in [-0.39, 0.29) is 29.5 Å². The third-order valence-electron chi connectivity index (χ3n) is 6.13. The highest BCUT2D eigenvalue weighted by atomic mass is 16.3. The number of hydrogen-bond donors (Lipinski definition) is 2. The van der Waals surface area contributed by atoms with E-state index in [1.54, 1.807) is 0 Å². The molecule has 7 atom stereocenters. The minimum absolute atomic E-state index is 0.0588. The predicted molar refractivity (Wildman–Crippen MR) is 67.3 cm³/mol. The number of aliphatic hydroxyl groups excluding tert-OH is 2. The maximum Gasteiger partial charge on any atom is 0.0670 e. The van der Waals surface area contributed by atoms with Crippen molar-refractivity contribution in [1.29, 1.82) is 0 Å². The first-order valence-electron chi connectivity index (χ1n) is 6.95. The van der Waals surface area contributed by atoms with E-state index in [1.807, 2.05) is 0 Å². The second-order valence-electron chi connectivity index (χ2n) is 7.00. The van der Waals surface area contributed by atoms with Crippen molar-refractivity contribution in [3.63, 3.8) is 0 Å². The Morgan fingerprint density at radius 3 is 2.47 bits per heavy atom. The SMILES string of the molecule is C=C1[C@@H]2[C@H](O)C3C([C@H]2O)[C@]1(C)CC[C@H]3C(C)C. The standard InChI is InChI=1S/C15H24O2/c1-7(2)9-5-6-15(4)8(3)10-13(16)11(9)12(15)14(10)17/h7,9-14,16-17H,3,5-6H2,1-2,4H3/t9-,10+,11?,12?,13-,14-,15+/m0/s1. The van der Waals surface area contributed by atoms with E-state index in [9.17, 15) is 10.2 Å². The zero-order valence-corrected chi connectivity index (χ0v) is 11.1. The van der Waals surface area contributed by atoms with Gasteiger partial charge in [0, 0.05) is 11.8 Å². The van der Waals surface area contributed by atoms with Crippen LogP contribution < -0.4 is 0 Å². The van der Waals surface area contributed by atoms with Crippen molar-refractivity contribution in [1.82, 2.24) is 0 Å². The lowest BCUT2D eigenvalue weighted by atomic mass is 9.54. The molecular weight excluding hydrogens is 212 g/mol. The highest BCUT2D eigenvalue weighted by Crippen LogP contribution is 2.68. The van der Waals surface area contributed by atoms with Crippen LogP contribution in [0.4, 0.5) is 0 Å². The van der Waals surface area contributed by atoms with Crippen LogP contribution >= 0.6 is 0 Å². The van der Waals surface area contributed by atoms with E-state index in [4.69, 9.17) is 0 Å². The lowest BCUT2D eigenvalue weighted by Crippen LogP contribution is -2.48. The molecule has 3 aliphatic carbocycles. The normalized spacial score (nSPS) is 56.9. The molecule has 3 saturated carbocycles. The van der Waals surface area contributed by atoms with Gasteiger partial charge in [0.1, 0.15) is 0 Å². The van der Waals surface area contributed by atoms with Gasteiger partial charge in [-0.3, -0.25) is 0 Å². The van der Waals surface area contributed by atoms with Gasteiger partial charge in [-0.05, 0) is 36.0 Å². The summed E-state index contributed by atoms with van der Waals surface area (Å²) in [5, 5.41) is 20.9. The van der Waals surface area contributed by atoms with E-state index in [1.165, 1.54) is 6.42 Å². The number of rotatable bonds is 1. The molecule has 2 bridgehead atoms. The van der Waals surface area contributed by atoms with E-state index in [0.29, 0.717) is 17.8 Å². The molecule has 0 aromatic rings. The van der Waals surface area contributed by atoms with Crippen molar-refractivity contribution in [3.8, 4) is 0 Å². The molecule has 0 saturated heterocycles. The maximum absolute atomic E-state index is 10.5. The van der Waals surface area contributed by atoms with Crippen LogP contribution in [0, 0.1) is 35.0 Å². The van der Waals surface area contributed by atoms with Crippen molar-refractivity contribution in [2.45, 2.75) is 45.8 Å². The van der Waals surface area contributed by atoms with Crippen LogP contribution in [0.15, 0.2) is 12.2 Å². The van der Waals surface area contributed by atoms with Gasteiger partial charge in [0.25, 0.3) is 0 Å². The summed E-state index contributed by atoms with van der Waals surface area (Å²) in [6.07, 6.45) is 1.60. The van der Waals surface area contributed by atoms with Crippen LogP contribution in [0.25, 0.3) is 0 Å². The molecule has 2 N–H and O–H groups in total. The van der Waals surface area contributed by atoms with Gasteiger partial charge in [-0.1, -0.05) is 32.9 Å². The highest BCUT2D eigenvalue weighted by molar-refractivity contribution is 5.33. The molecule has 0 spiro atoms. The van der Waals surface area contributed by atoms with Crippen LogP contribution in [0.1, 0.15) is 33.6 Å². The van der Waals surface area contributed by atoms with Crippen molar-refractivity contribution in [3.05, 3.63) is 12.2 Å². The van der Waals surface area contributed by atoms with Crippen LogP contribution in [-0.2, 0) is 0 Å². The molecule has 17 heavy (non-hydrogen) atoms. The van der Waals surface area contributed by atoms with E-state index < -0.39 is 0 Å². The lowest BCUT2D eigenvalue weighted by Gasteiger charge is -2.51. The maximum atomic E-state index is 10.5. The van der Waals surface area contributed by atoms with Crippen LogP contribution in [-0.4, -0.2) is 22.4 Å². The first-order chi connectivity index (χ1) is 7.89. The van der Waals surface area contributed by atoms with Gasteiger partial charge >= 0.3 is 0 Å². The average Bonchev–Trinajstić information content (AvgIpc) is 2.61. The molecule has 0 aromatic carbocycles. The van der Waals surface area contributed by atoms with E-state index >= 15 is 0 Å². The Labute approximate surface area is 104 Å². The lowest BCUT2D eigenvalue weighted by molar-refractivity contribution is -0.0497. The third-order valence-corrected chi connectivity index (χ3v) is 6.13. The Morgan fingerprint density at radius 1 is 1.29 bits per heavy atom. The molecule has 96 valence electrons. The zero-order chi connectivity index (χ0) is 12.5. The Hall–Kier alpha value is -0.340. The van der Waals surface area contributed by atoms with Gasteiger partial charge in [-0.2, -0.15) is 0 Å². The Kier molecular flexibility index (Phi) is 2.32. The van der Waals surface area contributed by atoms with Crippen LogP contribution in [0.2, 0.25) is 0 Å². The second-order valence-corrected chi connectivity index (χ2v) is 7.00.